The predicted octanol–water partition coefficient (Wildman–Crippen LogP) is 4.59. The minimum Gasteiger partial charge on any atom is -0.258 e. The van der Waals surface area contributed by atoms with Crippen LogP contribution in [0.3, 0.4) is 0 Å². The fraction of sp³-hybridized carbons (Fsp3) is 0. The number of aromatic nitrogens is 1. The summed E-state index contributed by atoms with van der Waals surface area (Å²) in [4.78, 5) is 12.2. The van der Waals surface area contributed by atoms with E-state index in [1.54, 1.807) is 30.5 Å². The molecule has 4 nitrogen and oxygen atoms in total. The number of thiophene rings is 1. The molecular weight excluding hydrogens is 299 g/mol. The summed E-state index contributed by atoms with van der Waals surface area (Å²) >= 11 is 2.17. The second-order valence-electron chi connectivity index (χ2n) is 3.97. The Balaban J connectivity index is 2.14. The quantitative estimate of drug-likeness (QED) is 0.525. The van der Waals surface area contributed by atoms with Crippen LogP contribution >= 0.6 is 22.9 Å². The SMILES string of the molecule is O=[N+]([O-])c1cc(-c2ccns2)ccc1-c1ccc(F)s1. The van der Waals surface area contributed by atoms with Crippen molar-refractivity contribution in [3.05, 3.63) is 57.8 Å². The summed E-state index contributed by atoms with van der Waals surface area (Å²) in [5, 5.41) is 10.9. The summed E-state index contributed by atoms with van der Waals surface area (Å²) in [5.41, 5.74) is 1.13. The van der Waals surface area contributed by atoms with E-state index in [-0.39, 0.29) is 10.8 Å². The molecule has 20 heavy (non-hydrogen) atoms. The average Bonchev–Trinajstić information content (AvgIpc) is 3.09. The molecule has 0 unspecified atom stereocenters. The Hall–Kier alpha value is -2.12. The van der Waals surface area contributed by atoms with Crippen molar-refractivity contribution < 1.29 is 9.31 Å². The number of hydrogen-bond acceptors (Lipinski definition) is 5. The van der Waals surface area contributed by atoms with Gasteiger partial charge in [-0.05, 0) is 35.8 Å². The van der Waals surface area contributed by atoms with Crippen molar-refractivity contribution in [3.63, 3.8) is 0 Å². The molecule has 0 atom stereocenters. The molecular formula is C13H7FN2O2S2. The molecule has 0 amide bonds. The monoisotopic (exact) mass is 306 g/mol. The molecule has 2 aromatic heterocycles. The highest BCUT2D eigenvalue weighted by Gasteiger charge is 2.18. The van der Waals surface area contributed by atoms with Crippen LogP contribution in [-0.4, -0.2) is 9.30 Å². The highest BCUT2D eigenvalue weighted by atomic mass is 32.1. The Kier molecular flexibility index (Phi) is 3.29. The van der Waals surface area contributed by atoms with Crippen LogP contribution in [-0.2, 0) is 0 Å². The van der Waals surface area contributed by atoms with Crippen LogP contribution in [0.15, 0.2) is 42.6 Å². The van der Waals surface area contributed by atoms with Crippen molar-refractivity contribution in [2.45, 2.75) is 0 Å². The number of nitro groups is 1. The first-order chi connectivity index (χ1) is 9.65. The molecule has 0 aliphatic carbocycles. The third kappa shape index (κ3) is 2.33. The second kappa shape index (κ2) is 5.10. The van der Waals surface area contributed by atoms with Crippen LogP contribution in [0.5, 0.6) is 0 Å². The van der Waals surface area contributed by atoms with Crippen molar-refractivity contribution >= 4 is 28.6 Å². The first kappa shape index (κ1) is 12.9. The van der Waals surface area contributed by atoms with Crippen molar-refractivity contribution in [1.82, 2.24) is 4.37 Å². The lowest BCUT2D eigenvalue weighted by Gasteiger charge is -2.03. The molecule has 3 aromatic rings. The third-order valence-electron chi connectivity index (χ3n) is 2.76. The lowest BCUT2D eigenvalue weighted by molar-refractivity contribution is -0.384. The summed E-state index contributed by atoms with van der Waals surface area (Å²) < 4.78 is 17.1. The zero-order chi connectivity index (χ0) is 14.1. The maximum Gasteiger partial charge on any atom is 0.278 e. The van der Waals surface area contributed by atoms with E-state index in [0.29, 0.717) is 10.4 Å². The van der Waals surface area contributed by atoms with E-state index in [4.69, 9.17) is 0 Å². The van der Waals surface area contributed by atoms with Crippen LogP contribution in [0.4, 0.5) is 10.1 Å². The number of benzene rings is 1. The van der Waals surface area contributed by atoms with Gasteiger partial charge in [-0.3, -0.25) is 10.1 Å². The van der Waals surface area contributed by atoms with Gasteiger partial charge in [0.2, 0.25) is 0 Å². The normalized spacial score (nSPS) is 10.7. The Morgan fingerprint density at radius 2 is 2.00 bits per heavy atom. The van der Waals surface area contributed by atoms with Crippen LogP contribution in [0, 0.1) is 15.2 Å². The second-order valence-corrected chi connectivity index (χ2v) is 5.84. The predicted molar refractivity (Wildman–Crippen MR) is 77.5 cm³/mol. The van der Waals surface area contributed by atoms with Gasteiger partial charge in [-0.15, -0.1) is 11.3 Å². The molecule has 0 radical (unpaired) electrons. The highest BCUT2D eigenvalue weighted by Crippen LogP contribution is 2.37. The van der Waals surface area contributed by atoms with Crippen molar-refractivity contribution in [1.29, 1.82) is 0 Å². The highest BCUT2D eigenvalue weighted by molar-refractivity contribution is 7.14. The molecule has 0 aliphatic rings. The number of nitrogens with zero attached hydrogens (tertiary/aromatic N) is 2. The van der Waals surface area contributed by atoms with Crippen molar-refractivity contribution in [3.8, 4) is 20.9 Å². The number of halogens is 1. The first-order valence-corrected chi connectivity index (χ1v) is 7.19. The van der Waals surface area contributed by atoms with Crippen LogP contribution in [0.2, 0.25) is 0 Å². The maximum atomic E-state index is 13.1. The lowest BCUT2D eigenvalue weighted by atomic mass is 10.1. The van der Waals surface area contributed by atoms with Gasteiger partial charge in [-0.1, -0.05) is 6.07 Å². The molecule has 0 saturated heterocycles. The molecule has 0 fully saturated rings. The standard InChI is InChI=1S/C13H7FN2O2S2/c14-13-4-3-12(19-13)9-2-1-8(7-10(9)16(17)18)11-5-6-15-20-11/h1-7H. The summed E-state index contributed by atoms with van der Waals surface area (Å²) in [7, 11) is 0. The molecule has 0 N–H and O–H groups in total. The van der Waals surface area contributed by atoms with E-state index in [2.05, 4.69) is 4.37 Å². The van der Waals surface area contributed by atoms with Gasteiger partial charge in [0.05, 0.1) is 15.4 Å². The minimum absolute atomic E-state index is 0.0299. The first-order valence-electron chi connectivity index (χ1n) is 5.60. The van der Waals surface area contributed by atoms with Gasteiger partial charge >= 0.3 is 0 Å². The van der Waals surface area contributed by atoms with Crippen LogP contribution in [0.25, 0.3) is 20.9 Å². The van der Waals surface area contributed by atoms with Gasteiger partial charge in [-0.2, -0.15) is 4.39 Å². The number of rotatable bonds is 3. The molecule has 2 heterocycles. The van der Waals surface area contributed by atoms with Crippen LogP contribution in [0.1, 0.15) is 0 Å². The Bertz CT molecular complexity index is 769. The summed E-state index contributed by atoms with van der Waals surface area (Å²) in [6, 6.07) is 9.59. The Labute approximate surface area is 121 Å². The summed E-state index contributed by atoms with van der Waals surface area (Å²) in [6.07, 6.45) is 1.65. The van der Waals surface area contributed by atoms with Gasteiger partial charge in [-0.25, -0.2) is 4.37 Å². The van der Waals surface area contributed by atoms with E-state index in [0.717, 1.165) is 21.8 Å². The number of hydrogen-bond donors (Lipinski definition) is 0. The van der Waals surface area contributed by atoms with Gasteiger partial charge in [0, 0.05) is 22.7 Å². The maximum absolute atomic E-state index is 13.1. The average molecular weight is 306 g/mol. The van der Waals surface area contributed by atoms with E-state index in [1.165, 1.54) is 23.7 Å². The van der Waals surface area contributed by atoms with Crippen molar-refractivity contribution in [2.24, 2.45) is 0 Å². The van der Waals surface area contributed by atoms with Crippen molar-refractivity contribution in [2.75, 3.05) is 0 Å². The van der Waals surface area contributed by atoms with Gasteiger partial charge in [0.15, 0.2) is 5.13 Å². The van der Waals surface area contributed by atoms with Gasteiger partial charge < -0.3 is 0 Å². The van der Waals surface area contributed by atoms with E-state index >= 15 is 0 Å². The molecule has 0 aliphatic heterocycles. The smallest absolute Gasteiger partial charge is 0.258 e. The van der Waals surface area contributed by atoms with Crippen LogP contribution < -0.4 is 0 Å². The zero-order valence-corrected chi connectivity index (χ0v) is 11.6. The van der Waals surface area contributed by atoms with E-state index in [1.807, 2.05) is 0 Å². The van der Waals surface area contributed by atoms with E-state index < -0.39 is 4.92 Å². The number of nitro benzene ring substituents is 1. The molecule has 0 saturated carbocycles. The topological polar surface area (TPSA) is 56.0 Å². The Morgan fingerprint density at radius 3 is 2.60 bits per heavy atom. The fourth-order valence-corrected chi connectivity index (χ4v) is 3.22. The zero-order valence-electron chi connectivity index (χ0n) is 9.95. The molecule has 100 valence electrons. The molecule has 3 rings (SSSR count). The third-order valence-corrected chi connectivity index (χ3v) is 4.46. The largest absolute Gasteiger partial charge is 0.278 e. The molecule has 1 aromatic carbocycles. The summed E-state index contributed by atoms with van der Waals surface area (Å²) in [5.74, 6) is 0. The molecule has 7 heteroatoms. The summed E-state index contributed by atoms with van der Waals surface area (Å²) in [6.45, 7) is 0. The molecule has 0 bridgehead atoms. The Morgan fingerprint density at radius 1 is 1.15 bits per heavy atom. The van der Waals surface area contributed by atoms with Gasteiger partial charge in [0.1, 0.15) is 0 Å². The molecule has 0 spiro atoms. The van der Waals surface area contributed by atoms with Gasteiger partial charge in [0.25, 0.3) is 5.69 Å². The minimum atomic E-state index is -0.447. The lowest BCUT2D eigenvalue weighted by Crippen LogP contribution is -1.91. The van der Waals surface area contributed by atoms with E-state index in [9.17, 15) is 14.5 Å². The fourth-order valence-electron chi connectivity index (χ4n) is 1.87.